The van der Waals surface area contributed by atoms with Gasteiger partial charge in [-0.05, 0) is 12.1 Å². The summed E-state index contributed by atoms with van der Waals surface area (Å²) in [5.41, 5.74) is 0.162. The number of alkyl halides is 2. The lowest BCUT2D eigenvalue weighted by molar-refractivity contribution is 0.0845. The van der Waals surface area contributed by atoms with Crippen LogP contribution >= 0.6 is 0 Å². The van der Waals surface area contributed by atoms with Gasteiger partial charge in [-0.25, -0.2) is 8.78 Å². The molecule has 14 heavy (non-hydrogen) atoms. The summed E-state index contributed by atoms with van der Waals surface area (Å²) in [6.45, 7) is 0. The van der Waals surface area contributed by atoms with E-state index in [0.717, 1.165) is 0 Å². The molecule has 1 atom stereocenters. The van der Waals surface area contributed by atoms with Crippen molar-refractivity contribution in [2.45, 2.75) is 18.4 Å². The monoisotopic (exact) mass is 198 g/mol. The SMILES string of the molecule is O=C(NC1CC1(F)F)c1ccccn1. The molecule has 0 aromatic carbocycles. The third-order valence-corrected chi connectivity index (χ3v) is 2.03. The fourth-order valence-electron chi connectivity index (χ4n) is 1.10. The molecule has 0 bridgehead atoms. The second kappa shape index (κ2) is 3.01. The van der Waals surface area contributed by atoms with Crippen LogP contribution in [0, 0.1) is 0 Å². The fraction of sp³-hybridized carbons (Fsp3) is 0.333. The average molecular weight is 198 g/mol. The number of halogens is 2. The Balaban J connectivity index is 1.98. The Kier molecular flexibility index (Phi) is 1.94. The largest absolute Gasteiger partial charge is 0.342 e. The molecule has 0 spiro atoms. The summed E-state index contributed by atoms with van der Waals surface area (Å²) >= 11 is 0. The van der Waals surface area contributed by atoms with Gasteiger partial charge in [0.1, 0.15) is 5.69 Å². The van der Waals surface area contributed by atoms with Crippen LogP contribution < -0.4 is 5.32 Å². The molecule has 1 aliphatic rings. The number of hydrogen-bond acceptors (Lipinski definition) is 2. The van der Waals surface area contributed by atoms with E-state index >= 15 is 0 Å². The first-order valence-electron chi connectivity index (χ1n) is 4.19. The molecule has 1 amide bonds. The molecule has 2 rings (SSSR count). The molecule has 1 aromatic rings. The lowest BCUT2D eigenvalue weighted by Gasteiger charge is -2.02. The maximum atomic E-state index is 12.4. The Bertz CT molecular complexity index is 353. The highest BCUT2D eigenvalue weighted by Gasteiger charge is 2.57. The van der Waals surface area contributed by atoms with Gasteiger partial charge in [0.05, 0.1) is 6.04 Å². The first kappa shape index (κ1) is 9.05. The summed E-state index contributed by atoms with van der Waals surface area (Å²) < 4.78 is 24.9. The van der Waals surface area contributed by atoms with Crippen molar-refractivity contribution in [1.29, 1.82) is 0 Å². The van der Waals surface area contributed by atoms with Crippen LogP contribution in [0.25, 0.3) is 0 Å². The standard InChI is InChI=1S/C9H8F2N2O/c10-9(11)5-7(9)13-8(14)6-3-1-2-4-12-6/h1-4,7H,5H2,(H,13,14). The summed E-state index contributed by atoms with van der Waals surface area (Å²) in [5.74, 6) is -3.28. The van der Waals surface area contributed by atoms with E-state index in [1.54, 1.807) is 12.1 Å². The molecule has 0 aliphatic heterocycles. The van der Waals surface area contributed by atoms with Crippen LogP contribution in [-0.4, -0.2) is 22.9 Å². The molecule has 1 saturated carbocycles. The molecule has 74 valence electrons. The second-order valence-electron chi connectivity index (χ2n) is 3.21. The minimum absolute atomic E-state index is 0.162. The minimum atomic E-state index is -2.73. The smallest absolute Gasteiger partial charge is 0.270 e. The van der Waals surface area contributed by atoms with Crippen molar-refractivity contribution in [3.05, 3.63) is 30.1 Å². The van der Waals surface area contributed by atoms with Gasteiger partial charge in [-0.2, -0.15) is 0 Å². The topological polar surface area (TPSA) is 42.0 Å². The first-order valence-corrected chi connectivity index (χ1v) is 4.19. The molecular formula is C9H8F2N2O. The Morgan fingerprint density at radius 2 is 2.29 bits per heavy atom. The molecule has 0 saturated heterocycles. The van der Waals surface area contributed by atoms with Crippen molar-refractivity contribution in [2.75, 3.05) is 0 Å². The second-order valence-corrected chi connectivity index (χ2v) is 3.21. The Hall–Kier alpha value is -1.52. The maximum absolute atomic E-state index is 12.4. The molecule has 1 aromatic heterocycles. The van der Waals surface area contributed by atoms with Crippen molar-refractivity contribution >= 4 is 5.91 Å². The zero-order valence-electron chi connectivity index (χ0n) is 7.21. The number of amides is 1. The van der Waals surface area contributed by atoms with Crippen LogP contribution in [0.2, 0.25) is 0 Å². The van der Waals surface area contributed by atoms with Gasteiger partial charge in [0.25, 0.3) is 11.8 Å². The summed E-state index contributed by atoms with van der Waals surface area (Å²) in [7, 11) is 0. The van der Waals surface area contributed by atoms with Gasteiger partial charge in [0, 0.05) is 12.6 Å². The fourth-order valence-corrected chi connectivity index (χ4v) is 1.10. The highest BCUT2D eigenvalue weighted by atomic mass is 19.3. The molecular weight excluding hydrogens is 190 g/mol. The molecule has 5 heteroatoms. The third-order valence-electron chi connectivity index (χ3n) is 2.03. The highest BCUT2D eigenvalue weighted by Crippen LogP contribution is 2.41. The Labute approximate surface area is 79.1 Å². The minimum Gasteiger partial charge on any atom is -0.342 e. The van der Waals surface area contributed by atoms with Crippen molar-refractivity contribution in [3.8, 4) is 0 Å². The van der Waals surface area contributed by atoms with Crippen molar-refractivity contribution < 1.29 is 13.6 Å². The Morgan fingerprint density at radius 3 is 2.79 bits per heavy atom. The van der Waals surface area contributed by atoms with Crippen LogP contribution in [0.1, 0.15) is 16.9 Å². The summed E-state index contributed by atoms with van der Waals surface area (Å²) in [4.78, 5) is 15.0. The number of aromatic nitrogens is 1. The van der Waals surface area contributed by atoms with Gasteiger partial charge in [-0.3, -0.25) is 9.78 Å². The van der Waals surface area contributed by atoms with E-state index in [9.17, 15) is 13.6 Å². The van der Waals surface area contributed by atoms with Crippen LogP contribution in [0.5, 0.6) is 0 Å². The molecule has 3 nitrogen and oxygen atoms in total. The zero-order chi connectivity index (χ0) is 10.2. The van der Waals surface area contributed by atoms with E-state index in [1.165, 1.54) is 12.3 Å². The van der Waals surface area contributed by atoms with Crippen LogP contribution in [0.4, 0.5) is 8.78 Å². The number of carbonyl (C=O) groups is 1. The van der Waals surface area contributed by atoms with Crippen LogP contribution in [0.15, 0.2) is 24.4 Å². The van der Waals surface area contributed by atoms with Crippen LogP contribution in [-0.2, 0) is 0 Å². The number of pyridine rings is 1. The zero-order valence-corrected chi connectivity index (χ0v) is 7.21. The van der Waals surface area contributed by atoms with E-state index in [1.807, 2.05) is 0 Å². The number of nitrogens with one attached hydrogen (secondary N) is 1. The van der Waals surface area contributed by atoms with Gasteiger partial charge in [-0.1, -0.05) is 6.07 Å². The Morgan fingerprint density at radius 1 is 1.57 bits per heavy atom. The molecule has 1 aliphatic carbocycles. The summed E-state index contributed by atoms with van der Waals surface area (Å²) in [5, 5.41) is 2.21. The van der Waals surface area contributed by atoms with Gasteiger partial charge in [-0.15, -0.1) is 0 Å². The first-order chi connectivity index (χ1) is 6.59. The number of nitrogens with zero attached hydrogens (tertiary/aromatic N) is 1. The molecule has 1 N–H and O–H groups in total. The number of carbonyl (C=O) groups excluding carboxylic acids is 1. The van der Waals surface area contributed by atoms with Crippen molar-refractivity contribution in [1.82, 2.24) is 10.3 Å². The molecule has 1 heterocycles. The van der Waals surface area contributed by atoms with E-state index in [4.69, 9.17) is 0 Å². The predicted molar refractivity (Wildman–Crippen MR) is 45.1 cm³/mol. The van der Waals surface area contributed by atoms with Gasteiger partial charge < -0.3 is 5.32 Å². The van der Waals surface area contributed by atoms with E-state index < -0.39 is 17.9 Å². The maximum Gasteiger partial charge on any atom is 0.270 e. The van der Waals surface area contributed by atoms with Crippen molar-refractivity contribution in [2.24, 2.45) is 0 Å². The van der Waals surface area contributed by atoms with E-state index in [2.05, 4.69) is 10.3 Å². The quantitative estimate of drug-likeness (QED) is 0.776. The lowest BCUT2D eigenvalue weighted by Crippen LogP contribution is -2.29. The molecule has 1 unspecified atom stereocenters. The molecule has 1 fully saturated rings. The predicted octanol–water partition coefficient (Wildman–Crippen LogP) is 1.22. The number of rotatable bonds is 2. The van der Waals surface area contributed by atoms with Crippen molar-refractivity contribution in [3.63, 3.8) is 0 Å². The average Bonchev–Trinajstić information content (AvgIpc) is 2.75. The van der Waals surface area contributed by atoms with Gasteiger partial charge in [0.2, 0.25) is 0 Å². The van der Waals surface area contributed by atoms with Crippen LogP contribution in [0.3, 0.4) is 0 Å². The third kappa shape index (κ3) is 1.71. The number of hydrogen-bond donors (Lipinski definition) is 1. The summed E-state index contributed by atoms with van der Waals surface area (Å²) in [6, 6.07) is 3.75. The van der Waals surface area contributed by atoms with Gasteiger partial charge >= 0.3 is 0 Å². The highest BCUT2D eigenvalue weighted by molar-refractivity contribution is 5.92. The lowest BCUT2D eigenvalue weighted by atomic mass is 10.3. The van der Waals surface area contributed by atoms with E-state index in [0.29, 0.717) is 0 Å². The normalized spacial score (nSPS) is 22.9. The van der Waals surface area contributed by atoms with E-state index in [-0.39, 0.29) is 12.1 Å². The van der Waals surface area contributed by atoms with Gasteiger partial charge in [0.15, 0.2) is 0 Å². The molecule has 0 radical (unpaired) electrons. The summed E-state index contributed by atoms with van der Waals surface area (Å²) in [6.07, 6.45) is 1.17.